The van der Waals surface area contributed by atoms with E-state index in [1.807, 2.05) is 17.6 Å². The summed E-state index contributed by atoms with van der Waals surface area (Å²) in [6, 6.07) is 10.4. The van der Waals surface area contributed by atoms with Crippen molar-refractivity contribution in [3.05, 3.63) is 69.4 Å². The van der Waals surface area contributed by atoms with Gasteiger partial charge in [-0.15, -0.1) is 11.3 Å². The Morgan fingerprint density at radius 3 is 2.96 bits per heavy atom. The molecule has 2 aromatic heterocycles. The normalized spacial score (nSPS) is 16.1. The van der Waals surface area contributed by atoms with Gasteiger partial charge in [-0.3, -0.25) is 9.48 Å². The van der Waals surface area contributed by atoms with Crippen molar-refractivity contribution in [3.8, 4) is 0 Å². The zero-order valence-electron chi connectivity index (χ0n) is 15.5. The van der Waals surface area contributed by atoms with E-state index in [2.05, 4.69) is 51.3 Å². The fourth-order valence-electron chi connectivity index (χ4n) is 3.66. The SMILES string of the molecule is CCc1nc(CC(=O)NC2CCCc3c2cnn3Cc2ccccc2)cs1. The lowest BCUT2D eigenvalue weighted by atomic mass is 9.92. The molecule has 0 aliphatic heterocycles. The number of fused-ring (bicyclic) bond motifs is 1. The van der Waals surface area contributed by atoms with Crippen LogP contribution in [-0.4, -0.2) is 20.7 Å². The van der Waals surface area contributed by atoms with Crippen LogP contribution in [0.2, 0.25) is 0 Å². The third kappa shape index (κ3) is 4.11. The van der Waals surface area contributed by atoms with Crippen LogP contribution in [0, 0.1) is 0 Å². The van der Waals surface area contributed by atoms with E-state index in [0.717, 1.165) is 48.5 Å². The van der Waals surface area contributed by atoms with Gasteiger partial charge >= 0.3 is 0 Å². The highest BCUT2D eigenvalue weighted by molar-refractivity contribution is 7.09. The zero-order chi connectivity index (χ0) is 18.6. The molecule has 1 aliphatic carbocycles. The monoisotopic (exact) mass is 380 g/mol. The molecule has 0 radical (unpaired) electrons. The second-order valence-electron chi connectivity index (χ2n) is 6.97. The molecule has 27 heavy (non-hydrogen) atoms. The van der Waals surface area contributed by atoms with Gasteiger partial charge in [-0.05, 0) is 31.2 Å². The predicted octanol–water partition coefficient (Wildman–Crippen LogP) is 3.69. The number of hydrogen-bond acceptors (Lipinski definition) is 4. The third-order valence-electron chi connectivity index (χ3n) is 5.02. The first kappa shape index (κ1) is 17.9. The van der Waals surface area contributed by atoms with E-state index < -0.39 is 0 Å². The first-order valence-corrected chi connectivity index (χ1v) is 10.4. The van der Waals surface area contributed by atoms with Gasteiger partial charge in [0.05, 0.1) is 35.9 Å². The van der Waals surface area contributed by atoms with Crippen molar-refractivity contribution in [3.63, 3.8) is 0 Å². The molecule has 5 nitrogen and oxygen atoms in total. The molecular formula is C21H24N4OS. The molecule has 6 heteroatoms. The molecule has 1 atom stereocenters. The standard InChI is InChI=1S/C21H24N4OS/c1-2-21-23-16(14-27-21)11-20(26)24-18-9-6-10-19-17(18)12-22-25(19)13-15-7-4-3-5-8-15/h3-5,7-8,12,14,18H,2,6,9-11,13H2,1H3,(H,24,26). The van der Waals surface area contributed by atoms with E-state index in [9.17, 15) is 4.79 Å². The lowest BCUT2D eigenvalue weighted by Crippen LogP contribution is -2.32. The van der Waals surface area contributed by atoms with Crippen LogP contribution in [0.4, 0.5) is 0 Å². The fraction of sp³-hybridized carbons (Fsp3) is 0.381. The van der Waals surface area contributed by atoms with Crippen molar-refractivity contribution in [2.24, 2.45) is 0 Å². The van der Waals surface area contributed by atoms with E-state index in [1.54, 1.807) is 11.3 Å². The Labute approximate surface area is 163 Å². The minimum atomic E-state index is 0.0385. The van der Waals surface area contributed by atoms with Crippen LogP contribution in [0.1, 0.15) is 53.3 Å². The molecule has 0 spiro atoms. The average molecular weight is 381 g/mol. The van der Waals surface area contributed by atoms with Gasteiger partial charge in [0, 0.05) is 16.6 Å². The summed E-state index contributed by atoms with van der Waals surface area (Å²) in [6.45, 7) is 2.86. The van der Waals surface area contributed by atoms with Gasteiger partial charge in [-0.25, -0.2) is 4.98 Å². The van der Waals surface area contributed by atoms with Crippen molar-refractivity contribution >= 4 is 17.2 Å². The van der Waals surface area contributed by atoms with Crippen LogP contribution in [0.25, 0.3) is 0 Å². The molecular weight excluding hydrogens is 356 g/mol. The summed E-state index contributed by atoms with van der Waals surface area (Å²) in [4.78, 5) is 17.0. The van der Waals surface area contributed by atoms with Gasteiger partial charge in [-0.2, -0.15) is 5.10 Å². The lowest BCUT2D eigenvalue weighted by Gasteiger charge is -2.24. The first-order valence-electron chi connectivity index (χ1n) is 9.54. The fourth-order valence-corrected chi connectivity index (χ4v) is 4.41. The van der Waals surface area contributed by atoms with Gasteiger partial charge in [0.1, 0.15) is 0 Å². The molecule has 1 amide bonds. The van der Waals surface area contributed by atoms with E-state index in [1.165, 1.54) is 11.3 Å². The molecule has 0 bridgehead atoms. The molecule has 0 fully saturated rings. The summed E-state index contributed by atoms with van der Waals surface area (Å²) >= 11 is 1.63. The number of rotatable bonds is 6. The quantitative estimate of drug-likeness (QED) is 0.709. The lowest BCUT2D eigenvalue weighted by molar-refractivity contribution is -0.121. The average Bonchev–Trinajstić information content (AvgIpc) is 3.30. The summed E-state index contributed by atoms with van der Waals surface area (Å²) < 4.78 is 2.08. The van der Waals surface area contributed by atoms with Crippen LogP contribution in [0.5, 0.6) is 0 Å². The number of hydrogen-bond donors (Lipinski definition) is 1. The van der Waals surface area contributed by atoms with Gasteiger partial charge < -0.3 is 5.32 Å². The number of aromatic nitrogens is 3. The molecule has 0 saturated heterocycles. The summed E-state index contributed by atoms with van der Waals surface area (Å²) in [6.07, 6.45) is 6.24. The Balaban J connectivity index is 1.44. The van der Waals surface area contributed by atoms with Gasteiger partial charge in [0.15, 0.2) is 0 Å². The molecule has 1 N–H and O–H groups in total. The maximum Gasteiger partial charge on any atom is 0.226 e. The highest BCUT2D eigenvalue weighted by Gasteiger charge is 2.25. The number of carbonyl (C=O) groups excluding carboxylic acids is 1. The number of nitrogens with zero attached hydrogens (tertiary/aromatic N) is 3. The van der Waals surface area contributed by atoms with Crippen LogP contribution < -0.4 is 5.32 Å². The van der Waals surface area contributed by atoms with Gasteiger partial charge in [-0.1, -0.05) is 37.3 Å². The second kappa shape index (κ2) is 8.05. The molecule has 2 heterocycles. The van der Waals surface area contributed by atoms with Crippen molar-refractivity contribution < 1.29 is 4.79 Å². The topological polar surface area (TPSA) is 59.8 Å². The predicted molar refractivity (Wildman–Crippen MR) is 107 cm³/mol. The van der Waals surface area contributed by atoms with Crippen molar-refractivity contribution in [2.45, 2.75) is 51.6 Å². The molecule has 1 unspecified atom stereocenters. The molecule has 140 valence electrons. The van der Waals surface area contributed by atoms with Crippen molar-refractivity contribution in [1.29, 1.82) is 0 Å². The Hall–Kier alpha value is -2.47. The third-order valence-corrected chi connectivity index (χ3v) is 6.06. The summed E-state index contributed by atoms with van der Waals surface area (Å²) in [7, 11) is 0. The highest BCUT2D eigenvalue weighted by Crippen LogP contribution is 2.30. The highest BCUT2D eigenvalue weighted by atomic mass is 32.1. The van der Waals surface area contributed by atoms with E-state index in [-0.39, 0.29) is 11.9 Å². The number of nitrogens with one attached hydrogen (secondary N) is 1. The minimum absolute atomic E-state index is 0.0385. The van der Waals surface area contributed by atoms with E-state index in [0.29, 0.717) is 6.42 Å². The number of aryl methyl sites for hydroxylation is 1. The summed E-state index contributed by atoms with van der Waals surface area (Å²) in [5.74, 6) is 0.0385. The molecule has 1 aromatic carbocycles. The first-order chi connectivity index (χ1) is 13.2. The Morgan fingerprint density at radius 2 is 2.19 bits per heavy atom. The van der Waals surface area contributed by atoms with Gasteiger partial charge in [0.25, 0.3) is 0 Å². The maximum absolute atomic E-state index is 12.5. The molecule has 4 rings (SSSR count). The Bertz CT molecular complexity index is 915. The smallest absolute Gasteiger partial charge is 0.226 e. The van der Waals surface area contributed by atoms with E-state index in [4.69, 9.17) is 0 Å². The van der Waals surface area contributed by atoms with Gasteiger partial charge in [0.2, 0.25) is 5.91 Å². The Morgan fingerprint density at radius 1 is 1.33 bits per heavy atom. The number of thiazole rings is 1. The molecule has 0 saturated carbocycles. The second-order valence-corrected chi connectivity index (χ2v) is 7.91. The Kier molecular flexibility index (Phi) is 5.34. The van der Waals surface area contributed by atoms with Crippen LogP contribution in [-0.2, 0) is 30.6 Å². The van der Waals surface area contributed by atoms with Crippen molar-refractivity contribution in [1.82, 2.24) is 20.1 Å². The summed E-state index contributed by atoms with van der Waals surface area (Å²) in [5, 5.41) is 10.9. The summed E-state index contributed by atoms with van der Waals surface area (Å²) in [5.41, 5.74) is 4.52. The number of carbonyl (C=O) groups is 1. The number of benzene rings is 1. The molecule has 3 aromatic rings. The minimum Gasteiger partial charge on any atom is -0.349 e. The van der Waals surface area contributed by atoms with Crippen molar-refractivity contribution in [2.75, 3.05) is 0 Å². The van der Waals surface area contributed by atoms with Crippen LogP contribution >= 0.6 is 11.3 Å². The number of amides is 1. The largest absolute Gasteiger partial charge is 0.349 e. The molecule has 1 aliphatic rings. The van der Waals surface area contributed by atoms with E-state index >= 15 is 0 Å². The zero-order valence-corrected chi connectivity index (χ0v) is 16.3. The van der Waals surface area contributed by atoms with Crippen LogP contribution in [0.15, 0.2) is 41.9 Å². The van der Waals surface area contributed by atoms with Crippen LogP contribution in [0.3, 0.4) is 0 Å². The maximum atomic E-state index is 12.5.